The van der Waals surface area contributed by atoms with Crippen molar-refractivity contribution in [2.24, 2.45) is 0 Å². The first-order valence-electron chi connectivity index (χ1n) is 6.79. The molecule has 0 N–H and O–H groups in total. The number of Topliss-reactive ketones (excluding diaryl/α,β-unsaturated/α-hetero) is 2. The topological polar surface area (TPSA) is 47.0 Å². The van der Waals surface area contributed by atoms with E-state index in [1.54, 1.807) is 17.4 Å². The predicted molar refractivity (Wildman–Crippen MR) is 83.9 cm³/mol. The number of carbonyl (C=O) groups excluding carboxylic acids is 2. The van der Waals surface area contributed by atoms with Crippen LogP contribution in [0.1, 0.15) is 33.7 Å². The van der Waals surface area contributed by atoms with E-state index in [1.807, 2.05) is 23.6 Å². The Balaban J connectivity index is 1.69. The molecule has 0 spiro atoms. The third-order valence-corrected chi connectivity index (χ3v) is 4.27. The Morgan fingerprint density at radius 2 is 1.91 bits per heavy atom. The van der Waals surface area contributed by atoms with Crippen molar-refractivity contribution in [2.45, 2.75) is 12.8 Å². The van der Waals surface area contributed by atoms with Crippen LogP contribution in [0.2, 0.25) is 0 Å². The summed E-state index contributed by atoms with van der Waals surface area (Å²) in [5, 5.41) is 2.98. The lowest BCUT2D eigenvalue weighted by Crippen LogP contribution is -2.08. The Hall–Kier alpha value is -2.40. The first-order valence-corrected chi connectivity index (χ1v) is 7.67. The average Bonchev–Trinajstić information content (AvgIpc) is 3.00. The van der Waals surface area contributed by atoms with Crippen molar-refractivity contribution in [3.63, 3.8) is 0 Å². The minimum atomic E-state index is -0.653. The third kappa shape index (κ3) is 2.94. The second-order valence-electron chi connectivity index (χ2n) is 4.85. The van der Waals surface area contributed by atoms with Gasteiger partial charge in [0.05, 0.1) is 0 Å². The Kier molecular flexibility index (Phi) is 4.06. The number of nitrogens with zero attached hydrogens (tertiary/aromatic N) is 1. The number of rotatable bonds is 5. The fourth-order valence-corrected chi connectivity index (χ4v) is 2.99. The third-order valence-electron chi connectivity index (χ3n) is 3.38. The first-order chi connectivity index (χ1) is 10.6. The van der Waals surface area contributed by atoms with E-state index in [9.17, 15) is 14.0 Å². The van der Waals surface area contributed by atoms with E-state index >= 15 is 0 Å². The van der Waals surface area contributed by atoms with Crippen molar-refractivity contribution >= 4 is 33.0 Å². The van der Waals surface area contributed by atoms with Crippen molar-refractivity contribution < 1.29 is 14.0 Å². The average molecular weight is 313 g/mol. The summed E-state index contributed by atoms with van der Waals surface area (Å²) < 4.78 is 14.6. The maximum atomic E-state index is 13.5. The number of pyridine rings is 1. The monoisotopic (exact) mass is 313 g/mol. The van der Waals surface area contributed by atoms with Gasteiger partial charge in [-0.1, -0.05) is 0 Å². The quantitative estimate of drug-likeness (QED) is 0.660. The zero-order valence-electron chi connectivity index (χ0n) is 11.6. The summed E-state index contributed by atoms with van der Waals surface area (Å²) >= 11 is 1.61. The summed E-state index contributed by atoms with van der Waals surface area (Å²) in [5.74, 6) is -1.24. The highest BCUT2D eigenvalue weighted by atomic mass is 32.1. The minimum absolute atomic E-state index is 0.0461. The van der Waals surface area contributed by atoms with Gasteiger partial charge in [0.15, 0.2) is 17.4 Å². The van der Waals surface area contributed by atoms with Gasteiger partial charge in [0.1, 0.15) is 5.69 Å². The molecule has 0 bridgehead atoms. The number of aromatic nitrogens is 1. The lowest BCUT2D eigenvalue weighted by Gasteiger charge is -2.02. The molecular formula is C17H12FNO2S. The maximum absolute atomic E-state index is 13.5. The zero-order chi connectivity index (χ0) is 15.5. The van der Waals surface area contributed by atoms with Crippen LogP contribution in [0.5, 0.6) is 0 Å². The largest absolute Gasteiger partial charge is 0.294 e. The van der Waals surface area contributed by atoms with E-state index < -0.39 is 11.6 Å². The number of halogens is 1. The number of fused-ring (bicyclic) bond motifs is 1. The number of thiophene rings is 1. The van der Waals surface area contributed by atoms with Crippen LogP contribution in [0, 0.1) is 5.82 Å². The van der Waals surface area contributed by atoms with Gasteiger partial charge in [-0.3, -0.25) is 14.6 Å². The summed E-state index contributed by atoms with van der Waals surface area (Å²) in [6.07, 6.45) is 1.36. The summed E-state index contributed by atoms with van der Waals surface area (Å²) in [6.45, 7) is 0. The van der Waals surface area contributed by atoms with Crippen molar-refractivity contribution in [2.75, 3.05) is 0 Å². The molecule has 0 saturated heterocycles. The SMILES string of the molecule is O=C(CCC(=O)c1ncccc1F)c1ccc2sccc2c1. The van der Waals surface area contributed by atoms with E-state index in [4.69, 9.17) is 0 Å². The second-order valence-corrected chi connectivity index (χ2v) is 5.80. The molecule has 5 heteroatoms. The van der Waals surface area contributed by atoms with Crippen LogP contribution in [-0.4, -0.2) is 16.6 Å². The molecule has 0 aliphatic heterocycles. The molecule has 110 valence electrons. The molecule has 0 amide bonds. The Labute approximate surface area is 130 Å². The summed E-state index contributed by atoms with van der Waals surface area (Å²) in [6, 6.07) is 10.0. The zero-order valence-corrected chi connectivity index (χ0v) is 12.4. The first kappa shape index (κ1) is 14.5. The molecule has 3 nitrogen and oxygen atoms in total. The van der Waals surface area contributed by atoms with Crippen molar-refractivity contribution in [3.05, 3.63) is 65.0 Å². The molecule has 3 aromatic rings. The standard InChI is InChI=1S/C17H12FNO2S/c18-13-2-1-8-19-17(13)15(21)5-4-14(20)11-3-6-16-12(10-11)7-9-22-16/h1-3,6-10H,4-5H2. The molecule has 1 aromatic carbocycles. The van der Waals surface area contributed by atoms with E-state index in [0.29, 0.717) is 5.56 Å². The smallest absolute Gasteiger partial charge is 0.184 e. The molecule has 0 aliphatic rings. The molecule has 2 heterocycles. The van der Waals surface area contributed by atoms with Crippen molar-refractivity contribution in [1.29, 1.82) is 0 Å². The van der Waals surface area contributed by atoms with Crippen molar-refractivity contribution in [1.82, 2.24) is 4.98 Å². The molecule has 3 rings (SSSR count). The number of benzene rings is 1. The van der Waals surface area contributed by atoms with Gasteiger partial charge >= 0.3 is 0 Å². The van der Waals surface area contributed by atoms with Crippen LogP contribution >= 0.6 is 11.3 Å². The molecule has 0 saturated carbocycles. The van der Waals surface area contributed by atoms with Crippen molar-refractivity contribution in [3.8, 4) is 0 Å². The normalized spacial score (nSPS) is 10.8. The van der Waals surface area contributed by atoms with E-state index in [-0.39, 0.29) is 24.3 Å². The Morgan fingerprint density at radius 1 is 1.09 bits per heavy atom. The molecule has 22 heavy (non-hydrogen) atoms. The minimum Gasteiger partial charge on any atom is -0.294 e. The highest BCUT2D eigenvalue weighted by molar-refractivity contribution is 7.17. The van der Waals surface area contributed by atoms with Gasteiger partial charge in [-0.05, 0) is 47.2 Å². The number of hydrogen-bond donors (Lipinski definition) is 0. The lowest BCUT2D eigenvalue weighted by molar-refractivity contribution is 0.0912. The van der Waals surface area contributed by atoms with Gasteiger partial charge in [0, 0.05) is 29.3 Å². The van der Waals surface area contributed by atoms with Gasteiger partial charge in [-0.2, -0.15) is 0 Å². The van der Waals surface area contributed by atoms with Gasteiger partial charge in [-0.15, -0.1) is 11.3 Å². The van der Waals surface area contributed by atoms with Crippen LogP contribution in [0.15, 0.2) is 48.0 Å². The summed E-state index contributed by atoms with van der Waals surface area (Å²) in [5.41, 5.74) is 0.365. The van der Waals surface area contributed by atoms with Gasteiger partial charge in [0.25, 0.3) is 0 Å². The van der Waals surface area contributed by atoms with Crippen LogP contribution in [0.4, 0.5) is 4.39 Å². The summed E-state index contributed by atoms with van der Waals surface area (Å²) in [4.78, 5) is 27.8. The highest BCUT2D eigenvalue weighted by Gasteiger charge is 2.15. The van der Waals surface area contributed by atoms with E-state index in [1.165, 1.54) is 18.3 Å². The van der Waals surface area contributed by atoms with Crippen LogP contribution in [-0.2, 0) is 0 Å². The number of ketones is 2. The molecule has 0 fully saturated rings. The molecule has 0 unspecified atom stereocenters. The lowest BCUT2D eigenvalue weighted by atomic mass is 10.0. The maximum Gasteiger partial charge on any atom is 0.184 e. The Bertz CT molecular complexity index is 856. The summed E-state index contributed by atoms with van der Waals surface area (Å²) in [7, 11) is 0. The molecule has 0 aliphatic carbocycles. The van der Waals surface area contributed by atoms with Gasteiger partial charge < -0.3 is 0 Å². The Morgan fingerprint density at radius 3 is 2.73 bits per heavy atom. The molecule has 0 radical (unpaired) electrons. The van der Waals surface area contributed by atoms with E-state index in [0.717, 1.165) is 10.1 Å². The van der Waals surface area contributed by atoms with Gasteiger partial charge in [-0.25, -0.2) is 4.39 Å². The highest BCUT2D eigenvalue weighted by Crippen LogP contribution is 2.22. The fraction of sp³-hybridized carbons (Fsp3) is 0.118. The van der Waals surface area contributed by atoms with Crippen LogP contribution in [0.25, 0.3) is 10.1 Å². The van der Waals surface area contributed by atoms with Gasteiger partial charge in [0.2, 0.25) is 0 Å². The number of carbonyl (C=O) groups is 2. The number of hydrogen-bond acceptors (Lipinski definition) is 4. The molecule has 2 aromatic heterocycles. The van der Waals surface area contributed by atoms with E-state index in [2.05, 4.69) is 4.98 Å². The second kappa shape index (κ2) is 6.15. The fourth-order valence-electron chi connectivity index (χ4n) is 2.22. The van der Waals surface area contributed by atoms with Crippen LogP contribution in [0.3, 0.4) is 0 Å². The molecule has 0 atom stereocenters. The van der Waals surface area contributed by atoms with Crippen LogP contribution < -0.4 is 0 Å². The molecular weight excluding hydrogens is 301 g/mol. The predicted octanol–water partition coefficient (Wildman–Crippen LogP) is 4.28.